The second-order valence-electron chi connectivity index (χ2n) is 33.1. The average Bonchev–Trinajstić information content (AvgIpc) is 1.81. The second kappa shape index (κ2) is 59.7. The summed E-state index contributed by atoms with van der Waals surface area (Å²) in [5.41, 5.74) is 15.0. The monoisotopic (exact) mass is 1800 g/mol. The molecule has 5 aliphatic rings. The van der Waals surface area contributed by atoms with Crippen molar-refractivity contribution in [1.29, 1.82) is 0 Å². The second-order valence-corrected chi connectivity index (χ2v) is 33.1. The van der Waals surface area contributed by atoms with Crippen molar-refractivity contribution in [3.8, 4) is 0 Å². The summed E-state index contributed by atoms with van der Waals surface area (Å²) >= 11 is 0. The van der Waals surface area contributed by atoms with Crippen molar-refractivity contribution in [3.05, 3.63) is 376 Å². The Kier molecular flexibility index (Phi) is 45.9. The first-order valence-corrected chi connectivity index (χ1v) is 46.3. The zero-order valence-corrected chi connectivity index (χ0v) is 77.4. The highest BCUT2D eigenvalue weighted by Gasteiger charge is 2.24. The van der Waals surface area contributed by atoms with E-state index >= 15 is 0 Å². The van der Waals surface area contributed by atoms with Crippen LogP contribution < -0.4 is 63.8 Å². The van der Waals surface area contributed by atoms with Crippen molar-refractivity contribution in [1.82, 2.24) is 67.5 Å². The maximum atomic E-state index is 13.1. The van der Waals surface area contributed by atoms with Crippen LogP contribution in [0.25, 0.3) is 0 Å². The van der Waals surface area contributed by atoms with Crippen molar-refractivity contribution >= 4 is 65.3 Å². The Morgan fingerprint density at radius 1 is 0.248 bits per heavy atom. The number of likely N-dealkylation sites (tertiary alicyclic amines) is 4. The third-order valence-electron chi connectivity index (χ3n) is 21.8. The van der Waals surface area contributed by atoms with Crippen LogP contribution >= 0.6 is 0 Å². The normalized spacial score (nSPS) is 13.2. The van der Waals surface area contributed by atoms with Gasteiger partial charge in [0.1, 0.15) is 5.82 Å². The summed E-state index contributed by atoms with van der Waals surface area (Å²) in [7, 11) is 0. The SMILES string of the molecule is Cc1cc(C)cc(NC(=O)NCc2ccccc2)c1.Cc1cc(NC(=O)NCc2ccccc2)ccc1F.Cc1ccc(NC(=O)NCc2ccccc2)cc1.O=C(NCc1ccccc1)N1CCCC1.O=C(NCc1ccccc1)N1CCCCC1.O=C(NCc1ccccc1)N1CCCCC1.O=C(NCc1ccccc1)N1CCCCC1.O=C(NCc1ccccc1)NC1CC1. The first-order valence-electron chi connectivity index (χ1n) is 46.3. The van der Waals surface area contributed by atoms with Crippen LogP contribution in [0.15, 0.2) is 303 Å². The Morgan fingerprint density at radius 3 is 0.744 bits per heavy atom. The lowest BCUT2D eigenvalue weighted by Crippen LogP contribution is -2.42. The Morgan fingerprint density at radius 2 is 0.481 bits per heavy atom. The molecule has 4 heterocycles. The van der Waals surface area contributed by atoms with Crippen molar-refractivity contribution in [3.63, 3.8) is 0 Å². The van der Waals surface area contributed by atoms with Gasteiger partial charge in [-0.1, -0.05) is 266 Å². The molecule has 5 fully saturated rings. The highest BCUT2D eigenvalue weighted by molar-refractivity contribution is 5.90. The molecule has 4 aliphatic heterocycles. The molecule has 24 nitrogen and oxygen atoms in total. The molecule has 0 aromatic heterocycles. The topological polar surface area (TPSA) is 294 Å². The van der Waals surface area contributed by atoms with E-state index in [4.69, 9.17) is 0 Å². The summed E-state index contributed by atoms with van der Waals surface area (Å²) in [5, 5.41) is 34.2. The molecular weight excluding hydrogens is 1670 g/mol. The minimum absolute atomic E-state index is 0.0589. The van der Waals surface area contributed by atoms with Crippen LogP contribution in [0, 0.1) is 33.5 Å². The minimum atomic E-state index is -0.310. The molecule has 133 heavy (non-hydrogen) atoms. The summed E-state index contributed by atoms with van der Waals surface area (Å²) < 4.78 is 13.1. The van der Waals surface area contributed by atoms with E-state index < -0.39 is 0 Å². The molecule has 16 amide bonds. The molecule has 12 N–H and O–H groups in total. The number of aryl methyl sites for hydroxylation is 4. The first-order chi connectivity index (χ1) is 64.8. The predicted molar refractivity (Wildman–Crippen MR) is 532 cm³/mol. The molecule has 0 atom stereocenters. The molecule has 0 spiro atoms. The Balaban J connectivity index is 0.000000171. The van der Waals surface area contributed by atoms with Crippen molar-refractivity contribution in [2.45, 2.75) is 170 Å². The molecule has 1 aliphatic carbocycles. The van der Waals surface area contributed by atoms with Crippen molar-refractivity contribution in [2.24, 2.45) is 0 Å². The van der Waals surface area contributed by atoms with E-state index in [1.807, 2.05) is 319 Å². The number of urea groups is 8. The summed E-state index contributed by atoms with van der Waals surface area (Å²) in [6.45, 7) is 19.5. The number of nitrogens with one attached hydrogen (secondary N) is 12. The van der Waals surface area contributed by atoms with Gasteiger partial charge in [0.2, 0.25) is 0 Å². The number of carbonyl (C=O) groups is 8. The Labute approximate surface area is 784 Å². The van der Waals surface area contributed by atoms with Gasteiger partial charge in [-0.3, -0.25) is 0 Å². The number of piperidine rings is 3. The number of anilines is 3. The number of hydrogen-bond donors (Lipinski definition) is 12. The fourth-order valence-electron chi connectivity index (χ4n) is 14.3. The zero-order chi connectivity index (χ0) is 94.1. The molecule has 16 rings (SSSR count). The maximum Gasteiger partial charge on any atom is 0.319 e. The van der Waals surface area contributed by atoms with E-state index in [9.17, 15) is 42.7 Å². The Bertz CT molecular complexity index is 5010. The third kappa shape index (κ3) is 43.2. The van der Waals surface area contributed by atoms with Gasteiger partial charge in [-0.25, -0.2) is 42.7 Å². The minimum Gasteiger partial charge on any atom is -0.335 e. The predicted octanol–water partition coefficient (Wildman–Crippen LogP) is 21.2. The number of carbonyl (C=O) groups excluding carboxylic acids is 8. The number of benzene rings is 11. The van der Waals surface area contributed by atoms with Gasteiger partial charge in [0, 0.05) is 128 Å². The van der Waals surface area contributed by atoms with Gasteiger partial charge in [-0.05, 0) is 215 Å². The van der Waals surface area contributed by atoms with Crippen molar-refractivity contribution < 1.29 is 42.7 Å². The van der Waals surface area contributed by atoms with Crippen LogP contribution in [-0.4, -0.2) is 126 Å². The van der Waals surface area contributed by atoms with Crippen LogP contribution in [0.1, 0.15) is 150 Å². The number of hydrogen-bond acceptors (Lipinski definition) is 8. The van der Waals surface area contributed by atoms with E-state index in [2.05, 4.69) is 69.9 Å². The quantitative estimate of drug-likeness (QED) is 0.0347. The summed E-state index contributed by atoms with van der Waals surface area (Å²) in [6.07, 6.45) is 15.1. The smallest absolute Gasteiger partial charge is 0.319 e. The van der Waals surface area contributed by atoms with Crippen LogP contribution in [0.3, 0.4) is 0 Å². The van der Waals surface area contributed by atoms with Gasteiger partial charge in [0.15, 0.2) is 0 Å². The van der Waals surface area contributed by atoms with E-state index in [1.54, 1.807) is 13.0 Å². The van der Waals surface area contributed by atoms with Gasteiger partial charge in [0.05, 0.1) is 0 Å². The largest absolute Gasteiger partial charge is 0.335 e. The van der Waals surface area contributed by atoms with Crippen molar-refractivity contribution in [2.75, 3.05) is 68.3 Å². The van der Waals surface area contributed by atoms with Gasteiger partial charge in [-0.15, -0.1) is 0 Å². The molecule has 0 radical (unpaired) electrons. The third-order valence-corrected chi connectivity index (χ3v) is 21.8. The van der Waals surface area contributed by atoms with Crippen LogP contribution in [0.5, 0.6) is 0 Å². The number of halogens is 1. The van der Waals surface area contributed by atoms with E-state index in [1.165, 1.54) is 37.0 Å². The number of nitrogens with zero attached hydrogens (tertiary/aromatic N) is 4. The van der Waals surface area contributed by atoms with Gasteiger partial charge in [-0.2, -0.15) is 0 Å². The van der Waals surface area contributed by atoms with Crippen LogP contribution in [-0.2, 0) is 52.4 Å². The molecule has 700 valence electrons. The van der Waals surface area contributed by atoms with E-state index in [0.29, 0.717) is 69.7 Å². The van der Waals surface area contributed by atoms with Crippen LogP contribution in [0.2, 0.25) is 0 Å². The zero-order valence-electron chi connectivity index (χ0n) is 77.4. The van der Waals surface area contributed by atoms with E-state index in [-0.39, 0.29) is 54.1 Å². The molecule has 25 heteroatoms. The lowest BCUT2D eigenvalue weighted by Gasteiger charge is -2.26. The van der Waals surface area contributed by atoms with Crippen LogP contribution in [0.4, 0.5) is 59.8 Å². The lowest BCUT2D eigenvalue weighted by molar-refractivity contribution is 0.185. The van der Waals surface area contributed by atoms with Gasteiger partial charge in [0.25, 0.3) is 0 Å². The lowest BCUT2D eigenvalue weighted by atomic mass is 10.1. The average molecular weight is 1800 g/mol. The molecular formula is C108H133FN16O8. The molecule has 0 bridgehead atoms. The summed E-state index contributed by atoms with van der Waals surface area (Å²) in [4.78, 5) is 101. The molecule has 0 unspecified atom stereocenters. The highest BCUT2D eigenvalue weighted by Crippen LogP contribution is 2.20. The molecule has 11 aromatic rings. The fourth-order valence-corrected chi connectivity index (χ4v) is 14.3. The standard InChI is InChI=1S/C16H18N2O.C15H15FN2O.C15H16N2O.3C13H18N2O.C12H16N2O.C11H14N2O/c1-12-8-13(2)10-15(9-12)18-16(19)17-11-14-6-4-3-5-7-14;1-11-9-13(7-8-14(11)16)18-15(19)17-10-12-5-3-2-4-6-12;1-12-7-9-14(10-8-12)17-15(18)16-11-13-5-3-2-4-6-13;3*16-13(15-9-5-2-6-10-15)14-11-12-7-3-1-4-8-12;15-12(14-8-4-5-9-14)13-10-11-6-2-1-3-7-11;14-11(13-10-6-7-10)12-8-9-4-2-1-3-5-9/h3-10H,11H2,1-2H3,(H2,17,18,19);2-9H,10H2,1H3,(H2,17,18,19);2-10H,11H2,1H3,(H2,16,17,18);3*1,3-4,7-8H,2,5-6,9-11H2,(H,14,16);1-3,6-7H,4-5,8-10H2,(H,13,15);1-5,10H,6-8H2,(H2,12,13,14). The fraction of sp³-hybridized carbons (Fsp3) is 0.315. The molecule has 1 saturated carbocycles. The number of amides is 16. The summed E-state index contributed by atoms with van der Waals surface area (Å²) in [5.74, 6) is -0.282. The van der Waals surface area contributed by atoms with E-state index in [0.717, 1.165) is 184 Å². The molecule has 4 saturated heterocycles. The Hall–Kier alpha value is -14.5. The van der Waals surface area contributed by atoms with Gasteiger partial charge >= 0.3 is 48.2 Å². The molecule has 11 aromatic carbocycles. The van der Waals surface area contributed by atoms with Gasteiger partial charge < -0.3 is 83.4 Å². The number of rotatable bonds is 20. The first kappa shape index (κ1) is 102. The maximum absolute atomic E-state index is 13.1. The summed E-state index contributed by atoms with van der Waals surface area (Å²) in [6, 6.07) is 97.3. The highest BCUT2D eigenvalue weighted by atomic mass is 19.1.